The van der Waals surface area contributed by atoms with Crippen LogP contribution >= 0.6 is 0 Å². The van der Waals surface area contributed by atoms with Gasteiger partial charge in [-0.3, -0.25) is 4.79 Å². The van der Waals surface area contributed by atoms with E-state index in [-0.39, 0.29) is 24.9 Å². The SMILES string of the molecule is CCOCc1c(C(=O)OCC(=O)N2CCC[C@@H]3CCCC[C@@H]32)oc2ccccc12. The first kappa shape index (κ1) is 20.0. The molecule has 2 fully saturated rings. The summed E-state index contributed by atoms with van der Waals surface area (Å²) >= 11 is 0. The molecule has 1 aliphatic heterocycles. The third kappa shape index (κ3) is 4.17. The van der Waals surface area contributed by atoms with Gasteiger partial charge in [0.05, 0.1) is 6.61 Å². The van der Waals surface area contributed by atoms with Gasteiger partial charge in [-0.25, -0.2) is 4.79 Å². The average Bonchev–Trinajstić information content (AvgIpc) is 3.14. The van der Waals surface area contributed by atoms with Gasteiger partial charge in [0.1, 0.15) is 5.58 Å². The van der Waals surface area contributed by atoms with E-state index in [4.69, 9.17) is 13.9 Å². The van der Waals surface area contributed by atoms with Crippen molar-refractivity contribution in [3.63, 3.8) is 0 Å². The van der Waals surface area contributed by atoms with Crippen LogP contribution in [-0.4, -0.2) is 42.6 Å². The van der Waals surface area contributed by atoms with Crippen LogP contribution in [0.2, 0.25) is 0 Å². The second kappa shape index (κ2) is 8.99. The van der Waals surface area contributed by atoms with E-state index in [1.54, 1.807) is 0 Å². The van der Waals surface area contributed by atoms with E-state index in [0.29, 0.717) is 29.7 Å². The molecule has 2 aromatic rings. The van der Waals surface area contributed by atoms with Gasteiger partial charge < -0.3 is 18.8 Å². The van der Waals surface area contributed by atoms with Crippen LogP contribution in [0.5, 0.6) is 0 Å². The van der Waals surface area contributed by atoms with Crippen LogP contribution in [0.15, 0.2) is 28.7 Å². The summed E-state index contributed by atoms with van der Waals surface area (Å²) < 4.78 is 16.6. The molecule has 2 atom stereocenters. The average molecular weight is 399 g/mol. The summed E-state index contributed by atoms with van der Waals surface area (Å²) in [6, 6.07) is 7.76. The minimum absolute atomic E-state index is 0.0996. The van der Waals surface area contributed by atoms with Crippen LogP contribution in [0.3, 0.4) is 0 Å². The molecule has 6 nitrogen and oxygen atoms in total. The third-order valence-corrected chi connectivity index (χ3v) is 6.22. The Bertz CT molecular complexity index is 871. The number of fused-ring (bicyclic) bond motifs is 2. The van der Waals surface area contributed by atoms with Crippen molar-refractivity contribution in [1.29, 1.82) is 0 Å². The summed E-state index contributed by atoms with van der Waals surface area (Å²) in [4.78, 5) is 27.5. The first-order valence-electron chi connectivity index (χ1n) is 10.7. The van der Waals surface area contributed by atoms with Crippen molar-refractivity contribution in [3.8, 4) is 0 Å². The number of piperidine rings is 1. The molecular weight excluding hydrogens is 370 g/mol. The van der Waals surface area contributed by atoms with E-state index in [0.717, 1.165) is 24.8 Å². The number of esters is 1. The van der Waals surface area contributed by atoms with Crippen LogP contribution in [0.25, 0.3) is 11.0 Å². The van der Waals surface area contributed by atoms with Gasteiger partial charge in [-0.1, -0.05) is 31.0 Å². The molecule has 2 aliphatic rings. The quantitative estimate of drug-likeness (QED) is 0.677. The Hall–Kier alpha value is -2.34. The maximum absolute atomic E-state index is 12.8. The summed E-state index contributed by atoms with van der Waals surface area (Å²) in [6.07, 6.45) is 6.93. The molecule has 0 N–H and O–H groups in total. The molecule has 0 radical (unpaired) electrons. The van der Waals surface area contributed by atoms with Gasteiger partial charge in [0.15, 0.2) is 6.61 Å². The Morgan fingerprint density at radius 1 is 1.14 bits per heavy atom. The lowest BCUT2D eigenvalue weighted by molar-refractivity contribution is -0.140. The summed E-state index contributed by atoms with van der Waals surface area (Å²) in [5.74, 6) is 0.0193. The lowest BCUT2D eigenvalue weighted by Gasteiger charge is -2.44. The fraction of sp³-hybridized carbons (Fsp3) is 0.565. The summed E-state index contributed by atoms with van der Waals surface area (Å²) in [7, 11) is 0. The minimum Gasteiger partial charge on any atom is -0.450 e. The van der Waals surface area contributed by atoms with Gasteiger partial charge in [0, 0.05) is 30.1 Å². The zero-order valence-corrected chi connectivity index (χ0v) is 17.0. The third-order valence-electron chi connectivity index (χ3n) is 6.22. The van der Waals surface area contributed by atoms with E-state index in [1.165, 1.54) is 25.7 Å². The fourth-order valence-corrected chi connectivity index (χ4v) is 4.82. The van der Waals surface area contributed by atoms with Crippen LogP contribution in [0, 0.1) is 5.92 Å². The van der Waals surface area contributed by atoms with Gasteiger partial charge in [-0.2, -0.15) is 0 Å². The van der Waals surface area contributed by atoms with Crippen molar-refractivity contribution in [2.24, 2.45) is 5.92 Å². The summed E-state index contributed by atoms with van der Waals surface area (Å²) in [5, 5.41) is 0.834. The van der Waals surface area contributed by atoms with Gasteiger partial charge in [-0.05, 0) is 44.6 Å². The molecule has 0 spiro atoms. The Kier molecular flexibility index (Phi) is 6.19. The smallest absolute Gasteiger partial charge is 0.375 e. The Morgan fingerprint density at radius 2 is 1.93 bits per heavy atom. The van der Waals surface area contributed by atoms with Crippen LogP contribution < -0.4 is 0 Å². The van der Waals surface area contributed by atoms with Crippen molar-refractivity contribution in [2.75, 3.05) is 19.8 Å². The maximum Gasteiger partial charge on any atom is 0.375 e. The fourth-order valence-electron chi connectivity index (χ4n) is 4.82. The highest BCUT2D eigenvalue weighted by atomic mass is 16.5. The van der Waals surface area contributed by atoms with Crippen molar-refractivity contribution < 1.29 is 23.5 Å². The number of hydrogen-bond donors (Lipinski definition) is 0. The number of nitrogens with zero attached hydrogens (tertiary/aromatic N) is 1. The summed E-state index contributed by atoms with van der Waals surface area (Å²) in [6.45, 7) is 3.22. The predicted molar refractivity (Wildman–Crippen MR) is 109 cm³/mol. The summed E-state index contributed by atoms with van der Waals surface area (Å²) in [5.41, 5.74) is 1.28. The molecule has 1 aliphatic carbocycles. The van der Waals surface area contributed by atoms with Crippen LogP contribution in [0.1, 0.15) is 61.6 Å². The molecule has 1 saturated heterocycles. The molecule has 1 aromatic heterocycles. The van der Waals surface area contributed by atoms with E-state index in [2.05, 4.69) is 0 Å². The van der Waals surface area contributed by atoms with E-state index < -0.39 is 5.97 Å². The Morgan fingerprint density at radius 3 is 2.79 bits per heavy atom. The van der Waals surface area contributed by atoms with Crippen LogP contribution in [0.4, 0.5) is 0 Å². The maximum atomic E-state index is 12.8. The van der Waals surface area contributed by atoms with Crippen molar-refractivity contribution in [2.45, 2.75) is 58.1 Å². The first-order valence-corrected chi connectivity index (χ1v) is 10.7. The van der Waals surface area contributed by atoms with E-state index in [1.807, 2.05) is 36.1 Å². The molecule has 2 heterocycles. The number of likely N-dealkylation sites (tertiary alicyclic amines) is 1. The number of furan rings is 1. The molecule has 156 valence electrons. The van der Waals surface area contributed by atoms with Gasteiger partial charge >= 0.3 is 5.97 Å². The largest absolute Gasteiger partial charge is 0.450 e. The monoisotopic (exact) mass is 399 g/mol. The molecular formula is C23H29NO5. The van der Waals surface area contributed by atoms with Crippen LogP contribution in [-0.2, 0) is 20.9 Å². The number of carbonyl (C=O) groups is 2. The van der Waals surface area contributed by atoms with E-state index in [9.17, 15) is 9.59 Å². The zero-order chi connectivity index (χ0) is 20.2. The predicted octanol–water partition coefficient (Wildman–Crippen LogP) is 4.31. The molecule has 4 rings (SSSR count). The standard InChI is InChI=1S/C23H29NO5/c1-2-27-14-18-17-10-4-6-12-20(17)29-22(18)23(26)28-15-21(25)24-13-7-9-16-8-3-5-11-19(16)24/h4,6,10,12,16,19H,2-3,5,7-9,11,13-15H2,1H3/t16-,19-/m0/s1. The molecule has 1 amide bonds. The van der Waals surface area contributed by atoms with Gasteiger partial charge in [0.25, 0.3) is 5.91 Å². The van der Waals surface area contributed by atoms with Gasteiger partial charge in [0.2, 0.25) is 5.76 Å². The van der Waals surface area contributed by atoms with Crippen molar-refractivity contribution in [3.05, 3.63) is 35.6 Å². The number of ether oxygens (including phenoxy) is 2. The zero-order valence-electron chi connectivity index (χ0n) is 17.0. The number of benzene rings is 1. The molecule has 1 saturated carbocycles. The topological polar surface area (TPSA) is 69.0 Å². The van der Waals surface area contributed by atoms with Crippen molar-refractivity contribution in [1.82, 2.24) is 4.90 Å². The molecule has 29 heavy (non-hydrogen) atoms. The number of amides is 1. The lowest BCUT2D eigenvalue weighted by atomic mass is 9.78. The number of carbonyl (C=O) groups excluding carboxylic acids is 2. The van der Waals surface area contributed by atoms with Crippen molar-refractivity contribution >= 4 is 22.8 Å². The highest BCUT2D eigenvalue weighted by Crippen LogP contribution is 2.35. The Labute approximate surface area is 171 Å². The van der Waals surface area contributed by atoms with Gasteiger partial charge in [-0.15, -0.1) is 0 Å². The number of hydrogen-bond acceptors (Lipinski definition) is 5. The normalized spacial score (nSPS) is 21.8. The van der Waals surface area contributed by atoms with E-state index >= 15 is 0 Å². The minimum atomic E-state index is -0.610. The molecule has 0 unspecified atom stereocenters. The molecule has 6 heteroatoms. The highest BCUT2D eigenvalue weighted by Gasteiger charge is 2.36. The lowest BCUT2D eigenvalue weighted by Crippen LogP contribution is -2.50. The Balaban J connectivity index is 1.45. The highest BCUT2D eigenvalue weighted by molar-refractivity contribution is 5.96. The second-order valence-corrected chi connectivity index (χ2v) is 7.96. The molecule has 1 aromatic carbocycles. The molecule has 0 bridgehead atoms. The number of para-hydroxylation sites is 1. The first-order chi connectivity index (χ1) is 14.2. The number of rotatable bonds is 6. The second-order valence-electron chi connectivity index (χ2n) is 7.96.